The van der Waals surface area contributed by atoms with Crippen LogP contribution in [0.4, 0.5) is 4.79 Å². The fourth-order valence-electron chi connectivity index (χ4n) is 9.25. The van der Waals surface area contributed by atoms with Crippen LogP contribution in [0.25, 0.3) is 0 Å². The minimum absolute atomic E-state index is 0.0123. The summed E-state index contributed by atoms with van der Waals surface area (Å²) in [7, 11) is 0. The highest BCUT2D eigenvalue weighted by molar-refractivity contribution is 5.60. The average molecular weight is 501 g/mol. The van der Waals surface area contributed by atoms with Gasteiger partial charge in [-0.15, -0.1) is 0 Å². The molecule has 0 aromatic rings. The van der Waals surface area contributed by atoms with Gasteiger partial charge in [0.25, 0.3) is 0 Å². The van der Waals surface area contributed by atoms with Gasteiger partial charge in [0.2, 0.25) is 0 Å². The maximum atomic E-state index is 12.3. The van der Waals surface area contributed by atoms with Gasteiger partial charge in [-0.05, 0) is 97.2 Å². The molecule has 0 heterocycles. The molecular weight excluding hydrogens is 444 g/mol. The highest BCUT2D eigenvalue weighted by atomic mass is 16.7. The van der Waals surface area contributed by atoms with Crippen molar-refractivity contribution in [2.45, 2.75) is 132 Å². The Hall–Kier alpha value is -0.990. The second-order valence-electron chi connectivity index (χ2n) is 14.3. The number of allylic oxidation sites excluding steroid dienone is 1. The van der Waals surface area contributed by atoms with Crippen LogP contribution in [0, 0.1) is 52.3 Å². The molecule has 0 N–H and O–H groups in total. The third-order valence-electron chi connectivity index (χ3n) is 11.7. The zero-order valence-corrected chi connectivity index (χ0v) is 24.6. The van der Waals surface area contributed by atoms with E-state index in [9.17, 15) is 4.79 Å². The number of carbonyl (C=O) groups is 1. The molecule has 0 aromatic heterocycles. The van der Waals surface area contributed by atoms with Crippen molar-refractivity contribution in [3.05, 3.63) is 11.6 Å². The zero-order chi connectivity index (χ0) is 26.1. The standard InChI is InChI=1S/C33H56O3/c1-8-23(4)21-35-31(34)36-26-16-18-32(6)25(20-26)12-13-27-29-15-14-28(24(5)11-9-10-22(2)3)33(29,7)19-17-30(27)32/h12,22-24,26-30H,8-11,13-21H2,1-7H3/t23-,24+,26+,27+,28-,29+,30+,32+,33-/m1/s1. The van der Waals surface area contributed by atoms with E-state index in [0.717, 1.165) is 61.2 Å². The van der Waals surface area contributed by atoms with Gasteiger partial charge in [0.1, 0.15) is 6.10 Å². The molecule has 0 radical (unpaired) electrons. The molecule has 9 atom stereocenters. The van der Waals surface area contributed by atoms with Crippen molar-refractivity contribution in [2.75, 3.05) is 6.61 Å². The van der Waals surface area contributed by atoms with Crippen molar-refractivity contribution in [2.24, 2.45) is 52.3 Å². The van der Waals surface area contributed by atoms with Crippen LogP contribution < -0.4 is 0 Å². The van der Waals surface area contributed by atoms with Gasteiger partial charge in [0.05, 0.1) is 6.61 Å². The van der Waals surface area contributed by atoms with E-state index in [4.69, 9.17) is 9.47 Å². The Balaban J connectivity index is 1.38. The number of fused-ring (bicyclic) bond motifs is 5. The molecule has 0 spiro atoms. The van der Waals surface area contributed by atoms with Crippen molar-refractivity contribution < 1.29 is 14.3 Å². The van der Waals surface area contributed by atoms with Gasteiger partial charge in [-0.1, -0.05) is 85.8 Å². The van der Waals surface area contributed by atoms with E-state index in [2.05, 4.69) is 54.5 Å². The predicted molar refractivity (Wildman–Crippen MR) is 149 cm³/mol. The Labute approximate surface area is 222 Å². The van der Waals surface area contributed by atoms with Gasteiger partial charge >= 0.3 is 6.16 Å². The van der Waals surface area contributed by atoms with Crippen molar-refractivity contribution in [3.8, 4) is 0 Å². The fraction of sp³-hybridized carbons (Fsp3) is 0.909. The lowest BCUT2D eigenvalue weighted by atomic mass is 9.47. The quantitative estimate of drug-likeness (QED) is 0.233. The van der Waals surface area contributed by atoms with Crippen LogP contribution in [0.5, 0.6) is 0 Å². The lowest BCUT2D eigenvalue weighted by molar-refractivity contribution is -0.0621. The third-order valence-corrected chi connectivity index (χ3v) is 11.7. The first kappa shape index (κ1) is 28.0. The van der Waals surface area contributed by atoms with Crippen LogP contribution in [0.1, 0.15) is 126 Å². The maximum absolute atomic E-state index is 12.3. The molecule has 36 heavy (non-hydrogen) atoms. The monoisotopic (exact) mass is 500 g/mol. The zero-order valence-electron chi connectivity index (χ0n) is 24.6. The molecule has 3 heteroatoms. The van der Waals surface area contributed by atoms with E-state index in [1.165, 1.54) is 51.4 Å². The molecule has 3 saturated carbocycles. The van der Waals surface area contributed by atoms with Crippen molar-refractivity contribution >= 4 is 6.16 Å². The fourth-order valence-corrected chi connectivity index (χ4v) is 9.25. The van der Waals surface area contributed by atoms with Crippen LogP contribution in [-0.4, -0.2) is 18.9 Å². The van der Waals surface area contributed by atoms with Gasteiger partial charge in [0, 0.05) is 6.42 Å². The lowest BCUT2D eigenvalue weighted by Gasteiger charge is -2.58. The predicted octanol–water partition coefficient (Wildman–Crippen LogP) is 9.60. The largest absolute Gasteiger partial charge is 0.508 e. The first-order chi connectivity index (χ1) is 17.1. The number of rotatable bonds is 9. The Morgan fingerprint density at radius 1 is 1.03 bits per heavy atom. The summed E-state index contributed by atoms with van der Waals surface area (Å²) in [5, 5.41) is 0. The van der Waals surface area contributed by atoms with Crippen LogP contribution in [0.3, 0.4) is 0 Å². The van der Waals surface area contributed by atoms with E-state index in [-0.39, 0.29) is 6.10 Å². The topological polar surface area (TPSA) is 35.5 Å². The van der Waals surface area contributed by atoms with Gasteiger partial charge in [-0.2, -0.15) is 0 Å². The van der Waals surface area contributed by atoms with Crippen molar-refractivity contribution in [1.29, 1.82) is 0 Å². The minimum Gasteiger partial charge on any atom is -0.434 e. The minimum atomic E-state index is -0.467. The summed E-state index contributed by atoms with van der Waals surface area (Å²) < 4.78 is 11.2. The summed E-state index contributed by atoms with van der Waals surface area (Å²) in [6.45, 7) is 17.2. The van der Waals surface area contributed by atoms with Crippen molar-refractivity contribution in [1.82, 2.24) is 0 Å². The molecule has 0 amide bonds. The molecule has 4 aliphatic rings. The first-order valence-corrected chi connectivity index (χ1v) is 15.6. The molecule has 3 fully saturated rings. The number of ether oxygens (including phenoxy) is 2. The van der Waals surface area contributed by atoms with Crippen molar-refractivity contribution in [3.63, 3.8) is 0 Å². The molecule has 0 bridgehead atoms. The molecular formula is C33H56O3. The van der Waals surface area contributed by atoms with E-state index >= 15 is 0 Å². The van der Waals surface area contributed by atoms with Gasteiger partial charge in [-0.25, -0.2) is 4.79 Å². The molecule has 3 nitrogen and oxygen atoms in total. The van der Waals surface area contributed by atoms with Gasteiger partial charge < -0.3 is 9.47 Å². The van der Waals surface area contributed by atoms with Crippen LogP contribution in [0.2, 0.25) is 0 Å². The molecule has 4 aliphatic carbocycles. The van der Waals surface area contributed by atoms with E-state index in [1.54, 1.807) is 5.57 Å². The summed E-state index contributed by atoms with van der Waals surface area (Å²) >= 11 is 0. The smallest absolute Gasteiger partial charge is 0.434 e. The number of hydrogen-bond acceptors (Lipinski definition) is 3. The molecule has 0 unspecified atom stereocenters. The Kier molecular flexibility index (Phi) is 8.88. The SMILES string of the molecule is CC[C@@H](C)COC(=O)O[C@H]1CC[C@@]2(C)C(=CC[C@H]3[C@@H]4CC[C@H]([C@@H](C)CCCC(C)C)[C@@]4(C)CC[C@@H]32)C1. The molecule has 4 rings (SSSR count). The Morgan fingerprint density at radius 2 is 1.81 bits per heavy atom. The summed E-state index contributed by atoms with van der Waals surface area (Å²) in [5.41, 5.74) is 2.42. The third kappa shape index (κ3) is 5.56. The van der Waals surface area contributed by atoms with Crippen LogP contribution >= 0.6 is 0 Å². The number of carbonyl (C=O) groups excluding carboxylic acids is 1. The second kappa shape index (κ2) is 11.4. The van der Waals surface area contributed by atoms with Crippen LogP contribution in [-0.2, 0) is 9.47 Å². The van der Waals surface area contributed by atoms with E-state index in [0.29, 0.717) is 23.4 Å². The van der Waals surface area contributed by atoms with E-state index in [1.807, 2.05) is 0 Å². The Bertz CT molecular complexity index is 786. The highest BCUT2D eigenvalue weighted by Gasteiger charge is 2.59. The van der Waals surface area contributed by atoms with Gasteiger partial charge in [0.15, 0.2) is 0 Å². The van der Waals surface area contributed by atoms with Gasteiger partial charge in [-0.3, -0.25) is 0 Å². The molecule has 0 saturated heterocycles. The highest BCUT2D eigenvalue weighted by Crippen LogP contribution is 2.67. The number of hydrogen-bond donors (Lipinski definition) is 0. The average Bonchev–Trinajstić information content (AvgIpc) is 3.19. The van der Waals surface area contributed by atoms with Crippen LogP contribution in [0.15, 0.2) is 11.6 Å². The Morgan fingerprint density at radius 3 is 2.53 bits per heavy atom. The molecule has 0 aromatic carbocycles. The summed E-state index contributed by atoms with van der Waals surface area (Å²) in [6.07, 6.45) is 17.3. The summed E-state index contributed by atoms with van der Waals surface area (Å²) in [6, 6.07) is 0. The van der Waals surface area contributed by atoms with E-state index < -0.39 is 6.16 Å². The first-order valence-electron chi connectivity index (χ1n) is 15.6. The lowest BCUT2D eigenvalue weighted by Crippen LogP contribution is -2.51. The maximum Gasteiger partial charge on any atom is 0.508 e. The molecule has 206 valence electrons. The molecule has 0 aliphatic heterocycles. The second-order valence-corrected chi connectivity index (χ2v) is 14.3. The summed E-state index contributed by atoms with van der Waals surface area (Å²) in [4.78, 5) is 12.3. The summed E-state index contributed by atoms with van der Waals surface area (Å²) in [5.74, 6) is 5.56. The normalized spacial score (nSPS) is 39.4.